The fourth-order valence-corrected chi connectivity index (χ4v) is 3.55. The fraction of sp³-hybridized carbons (Fsp3) is 0.722. The summed E-state index contributed by atoms with van der Waals surface area (Å²) in [4.78, 5) is 8.68. The van der Waals surface area contributed by atoms with Gasteiger partial charge in [-0.25, -0.2) is 9.50 Å². The highest BCUT2D eigenvalue weighted by atomic mass is 16.5. The molecule has 1 atom stereocenters. The maximum atomic E-state index is 9.08. The molecule has 1 aliphatic rings. The minimum absolute atomic E-state index is 0.0135. The van der Waals surface area contributed by atoms with Crippen molar-refractivity contribution in [2.45, 2.75) is 58.0 Å². The first kappa shape index (κ1) is 18.8. The standard InChI is InChI=1S/C18H30N6O2/c1-2-4-15(5-3-10-25)26-18-22-16(19)17-21-12-14(24(17)23-18)11-13-6-8-20-9-7-13/h12-13,15,20,25H,2-11H2,1H3,(H2,19,22,23). The lowest BCUT2D eigenvalue weighted by Crippen LogP contribution is -2.29. The molecule has 26 heavy (non-hydrogen) atoms. The van der Waals surface area contributed by atoms with Gasteiger partial charge in [0.1, 0.15) is 6.10 Å². The van der Waals surface area contributed by atoms with Crippen molar-refractivity contribution < 1.29 is 9.84 Å². The fourth-order valence-electron chi connectivity index (χ4n) is 3.55. The molecule has 4 N–H and O–H groups in total. The van der Waals surface area contributed by atoms with Crippen LogP contribution in [0.4, 0.5) is 5.82 Å². The third kappa shape index (κ3) is 4.62. The van der Waals surface area contributed by atoms with Crippen LogP contribution >= 0.6 is 0 Å². The van der Waals surface area contributed by atoms with Crippen LogP contribution in [-0.2, 0) is 6.42 Å². The molecule has 3 heterocycles. The summed E-state index contributed by atoms with van der Waals surface area (Å²) >= 11 is 0. The van der Waals surface area contributed by atoms with Crippen molar-refractivity contribution in [3.8, 4) is 6.01 Å². The Hall–Kier alpha value is -1.93. The third-order valence-electron chi connectivity index (χ3n) is 4.96. The lowest BCUT2D eigenvalue weighted by molar-refractivity contribution is 0.148. The van der Waals surface area contributed by atoms with E-state index < -0.39 is 0 Å². The Morgan fingerprint density at radius 1 is 1.38 bits per heavy atom. The largest absolute Gasteiger partial charge is 0.459 e. The summed E-state index contributed by atoms with van der Waals surface area (Å²) in [6, 6.07) is 0.288. The molecule has 8 heteroatoms. The van der Waals surface area contributed by atoms with Crippen LogP contribution in [0.25, 0.3) is 5.65 Å². The molecule has 2 aromatic heterocycles. The van der Waals surface area contributed by atoms with Gasteiger partial charge in [-0.1, -0.05) is 13.3 Å². The van der Waals surface area contributed by atoms with Crippen molar-refractivity contribution >= 4 is 11.5 Å². The molecular formula is C18H30N6O2. The number of anilines is 1. The lowest BCUT2D eigenvalue weighted by Gasteiger charge is -2.22. The molecule has 2 aromatic rings. The van der Waals surface area contributed by atoms with Crippen molar-refractivity contribution in [3.63, 3.8) is 0 Å². The third-order valence-corrected chi connectivity index (χ3v) is 4.96. The van der Waals surface area contributed by atoms with Crippen LogP contribution < -0.4 is 15.8 Å². The Kier molecular flexibility index (Phi) is 6.62. The molecule has 8 nitrogen and oxygen atoms in total. The number of aromatic nitrogens is 4. The van der Waals surface area contributed by atoms with E-state index in [1.165, 1.54) is 0 Å². The van der Waals surface area contributed by atoms with Gasteiger partial charge in [-0.2, -0.15) is 4.98 Å². The van der Waals surface area contributed by atoms with Crippen molar-refractivity contribution in [2.75, 3.05) is 25.4 Å². The predicted molar refractivity (Wildman–Crippen MR) is 100 cm³/mol. The lowest BCUT2D eigenvalue weighted by atomic mass is 9.93. The summed E-state index contributed by atoms with van der Waals surface area (Å²) in [5.41, 5.74) is 7.72. The Bertz CT molecular complexity index is 698. The molecule has 0 amide bonds. The molecule has 0 aliphatic carbocycles. The maximum Gasteiger partial charge on any atom is 0.336 e. The number of hydrogen-bond acceptors (Lipinski definition) is 7. The molecule has 3 rings (SSSR count). The summed E-state index contributed by atoms with van der Waals surface area (Å²) < 4.78 is 7.77. The van der Waals surface area contributed by atoms with E-state index in [2.05, 4.69) is 27.3 Å². The molecule has 144 valence electrons. The maximum absolute atomic E-state index is 9.08. The number of fused-ring (bicyclic) bond motifs is 1. The second-order valence-electron chi connectivity index (χ2n) is 7.06. The number of rotatable bonds is 9. The van der Waals surface area contributed by atoms with Gasteiger partial charge in [0, 0.05) is 6.61 Å². The van der Waals surface area contributed by atoms with E-state index in [4.69, 9.17) is 15.6 Å². The molecule has 0 spiro atoms. The van der Waals surface area contributed by atoms with Crippen LogP contribution in [0, 0.1) is 5.92 Å². The number of imidazole rings is 1. The average Bonchev–Trinajstić information content (AvgIpc) is 3.04. The van der Waals surface area contributed by atoms with E-state index >= 15 is 0 Å². The number of nitrogens with one attached hydrogen (secondary N) is 1. The topological polar surface area (TPSA) is 111 Å². The second kappa shape index (κ2) is 9.14. The van der Waals surface area contributed by atoms with Gasteiger partial charge in [0.2, 0.25) is 0 Å². The summed E-state index contributed by atoms with van der Waals surface area (Å²) in [6.45, 7) is 4.40. The van der Waals surface area contributed by atoms with Gasteiger partial charge in [0.05, 0.1) is 11.9 Å². The zero-order valence-corrected chi connectivity index (χ0v) is 15.5. The van der Waals surface area contributed by atoms with E-state index in [-0.39, 0.29) is 18.7 Å². The number of aliphatic hydroxyl groups is 1. The average molecular weight is 362 g/mol. The molecular weight excluding hydrogens is 332 g/mol. The highest BCUT2D eigenvalue weighted by molar-refractivity contribution is 5.59. The van der Waals surface area contributed by atoms with Gasteiger partial charge in [-0.15, -0.1) is 5.10 Å². The minimum Gasteiger partial charge on any atom is -0.459 e. The van der Waals surface area contributed by atoms with Gasteiger partial charge in [0.25, 0.3) is 0 Å². The molecule has 1 aliphatic heterocycles. The number of piperidine rings is 1. The van der Waals surface area contributed by atoms with Gasteiger partial charge in [-0.3, -0.25) is 0 Å². The van der Waals surface area contributed by atoms with Crippen molar-refractivity contribution in [1.82, 2.24) is 24.9 Å². The first-order chi connectivity index (χ1) is 12.7. The highest BCUT2D eigenvalue weighted by Crippen LogP contribution is 2.22. The summed E-state index contributed by atoms with van der Waals surface area (Å²) in [7, 11) is 0. The second-order valence-corrected chi connectivity index (χ2v) is 7.06. The normalized spacial score (nSPS) is 16.8. The smallest absolute Gasteiger partial charge is 0.336 e. The van der Waals surface area contributed by atoms with Gasteiger partial charge < -0.3 is 20.9 Å². The van der Waals surface area contributed by atoms with Crippen LogP contribution in [0.5, 0.6) is 6.01 Å². The zero-order chi connectivity index (χ0) is 18.4. The number of aliphatic hydroxyl groups excluding tert-OH is 1. The first-order valence-electron chi connectivity index (χ1n) is 9.69. The van der Waals surface area contributed by atoms with E-state index in [1.54, 1.807) is 4.52 Å². The predicted octanol–water partition coefficient (Wildman–Crippen LogP) is 1.57. The Morgan fingerprint density at radius 3 is 2.92 bits per heavy atom. The number of nitrogens with zero attached hydrogens (tertiary/aromatic N) is 4. The molecule has 1 saturated heterocycles. The number of hydrogen-bond donors (Lipinski definition) is 3. The van der Waals surface area contributed by atoms with Crippen molar-refractivity contribution in [3.05, 3.63) is 11.9 Å². The Balaban J connectivity index is 1.79. The first-order valence-corrected chi connectivity index (χ1v) is 9.69. The van der Waals surface area contributed by atoms with E-state index in [0.29, 0.717) is 23.8 Å². The summed E-state index contributed by atoms with van der Waals surface area (Å²) in [5.74, 6) is 0.970. The molecule has 1 fully saturated rings. The summed E-state index contributed by atoms with van der Waals surface area (Å²) in [5, 5.41) is 17.0. The molecule has 0 bridgehead atoms. The molecule has 0 saturated carbocycles. The van der Waals surface area contributed by atoms with Crippen LogP contribution in [0.1, 0.15) is 51.1 Å². The highest BCUT2D eigenvalue weighted by Gasteiger charge is 2.19. The van der Waals surface area contributed by atoms with Gasteiger partial charge in [-0.05, 0) is 57.5 Å². The van der Waals surface area contributed by atoms with Gasteiger partial charge >= 0.3 is 6.01 Å². The molecule has 0 radical (unpaired) electrons. The van der Waals surface area contributed by atoms with Crippen LogP contribution in [0.2, 0.25) is 0 Å². The van der Waals surface area contributed by atoms with E-state index in [0.717, 1.165) is 57.3 Å². The van der Waals surface area contributed by atoms with Crippen molar-refractivity contribution in [1.29, 1.82) is 0 Å². The monoisotopic (exact) mass is 362 g/mol. The molecule has 1 unspecified atom stereocenters. The summed E-state index contributed by atoms with van der Waals surface area (Å²) in [6.07, 6.45) is 8.47. The van der Waals surface area contributed by atoms with Crippen LogP contribution in [0.3, 0.4) is 0 Å². The minimum atomic E-state index is -0.0135. The quantitative estimate of drug-likeness (QED) is 0.621. The van der Waals surface area contributed by atoms with Crippen LogP contribution in [0.15, 0.2) is 6.20 Å². The van der Waals surface area contributed by atoms with Crippen LogP contribution in [-0.4, -0.2) is 50.5 Å². The van der Waals surface area contributed by atoms with E-state index in [1.807, 2.05) is 6.20 Å². The number of ether oxygens (including phenoxy) is 1. The van der Waals surface area contributed by atoms with Crippen molar-refractivity contribution in [2.24, 2.45) is 5.92 Å². The Morgan fingerprint density at radius 2 is 2.19 bits per heavy atom. The zero-order valence-electron chi connectivity index (χ0n) is 15.5. The number of nitrogens with two attached hydrogens (primary N) is 1. The van der Waals surface area contributed by atoms with Gasteiger partial charge in [0.15, 0.2) is 11.5 Å². The number of nitrogen functional groups attached to an aromatic ring is 1. The SMILES string of the molecule is CCCC(CCCO)Oc1nc(N)c2ncc(CC3CCNCC3)n2n1. The van der Waals surface area contributed by atoms with E-state index in [9.17, 15) is 0 Å². The molecule has 0 aromatic carbocycles. The Labute approximate surface area is 154 Å².